The molecule has 3 heteroatoms. The van der Waals surface area contributed by atoms with Crippen molar-refractivity contribution >= 4 is 5.69 Å². The van der Waals surface area contributed by atoms with E-state index in [4.69, 9.17) is 10.5 Å². The lowest BCUT2D eigenvalue weighted by atomic mass is 10.1. The standard InChI is InChI=1S/C15H24FNO/c1-4-5-6-7-8-12(3)18-15-9-11(2)13(16)10-14(15)17/h9-10,12H,4-8,17H2,1-3H3. The summed E-state index contributed by atoms with van der Waals surface area (Å²) in [6.07, 6.45) is 6.03. The zero-order valence-electron chi connectivity index (χ0n) is 11.6. The molecule has 2 nitrogen and oxygen atoms in total. The van der Waals surface area contributed by atoms with Crippen molar-refractivity contribution in [1.82, 2.24) is 0 Å². The minimum Gasteiger partial charge on any atom is -0.489 e. The third kappa shape index (κ3) is 4.55. The highest BCUT2D eigenvalue weighted by Crippen LogP contribution is 2.26. The number of hydrogen-bond donors (Lipinski definition) is 1. The van der Waals surface area contributed by atoms with Gasteiger partial charge in [0.1, 0.15) is 11.6 Å². The Labute approximate surface area is 109 Å². The summed E-state index contributed by atoms with van der Waals surface area (Å²) in [5.41, 5.74) is 6.69. The highest BCUT2D eigenvalue weighted by Gasteiger charge is 2.09. The molecule has 0 saturated heterocycles. The Kier molecular flexibility index (Phi) is 5.96. The number of nitrogens with two attached hydrogens (primary N) is 1. The number of rotatable bonds is 7. The number of hydrogen-bond acceptors (Lipinski definition) is 2. The Morgan fingerprint density at radius 2 is 2.00 bits per heavy atom. The molecule has 0 saturated carbocycles. The van der Waals surface area contributed by atoms with Crippen LogP contribution in [0.25, 0.3) is 0 Å². The summed E-state index contributed by atoms with van der Waals surface area (Å²) in [7, 11) is 0. The summed E-state index contributed by atoms with van der Waals surface area (Å²) < 4.78 is 19.0. The second kappa shape index (κ2) is 7.24. The van der Waals surface area contributed by atoms with Gasteiger partial charge in [0, 0.05) is 6.07 Å². The Hall–Kier alpha value is -1.25. The Balaban J connectivity index is 2.48. The van der Waals surface area contributed by atoms with Gasteiger partial charge >= 0.3 is 0 Å². The first-order valence-electron chi connectivity index (χ1n) is 6.76. The number of aryl methyl sites for hydroxylation is 1. The van der Waals surface area contributed by atoms with Crippen LogP contribution >= 0.6 is 0 Å². The molecular formula is C15H24FNO. The SMILES string of the molecule is CCCCCCC(C)Oc1cc(C)c(F)cc1N. The van der Waals surface area contributed by atoms with E-state index in [0.717, 1.165) is 12.8 Å². The van der Waals surface area contributed by atoms with Gasteiger partial charge in [0.25, 0.3) is 0 Å². The minimum atomic E-state index is -0.282. The smallest absolute Gasteiger partial charge is 0.143 e. The molecule has 0 amide bonds. The molecule has 1 rings (SSSR count). The van der Waals surface area contributed by atoms with Crippen LogP contribution in [0.5, 0.6) is 5.75 Å². The van der Waals surface area contributed by atoms with Gasteiger partial charge in [-0.2, -0.15) is 0 Å². The summed E-state index contributed by atoms with van der Waals surface area (Å²) in [4.78, 5) is 0. The molecule has 0 aliphatic heterocycles. The number of ether oxygens (including phenoxy) is 1. The zero-order valence-corrected chi connectivity index (χ0v) is 11.6. The first kappa shape index (κ1) is 14.8. The lowest BCUT2D eigenvalue weighted by Crippen LogP contribution is -2.13. The number of halogens is 1. The average molecular weight is 253 g/mol. The van der Waals surface area contributed by atoms with Crippen LogP contribution in [0.15, 0.2) is 12.1 Å². The van der Waals surface area contributed by atoms with Gasteiger partial charge in [-0.05, 0) is 38.3 Å². The highest BCUT2D eigenvalue weighted by molar-refractivity contribution is 5.54. The maximum Gasteiger partial charge on any atom is 0.143 e. The van der Waals surface area contributed by atoms with E-state index in [1.54, 1.807) is 13.0 Å². The van der Waals surface area contributed by atoms with Crippen molar-refractivity contribution in [3.8, 4) is 5.75 Å². The number of benzene rings is 1. The molecule has 1 aromatic carbocycles. The van der Waals surface area contributed by atoms with Crippen molar-refractivity contribution < 1.29 is 9.13 Å². The van der Waals surface area contributed by atoms with Gasteiger partial charge in [-0.3, -0.25) is 0 Å². The summed E-state index contributed by atoms with van der Waals surface area (Å²) in [6, 6.07) is 3.00. The van der Waals surface area contributed by atoms with Crippen molar-refractivity contribution in [2.75, 3.05) is 5.73 Å². The van der Waals surface area contributed by atoms with Crippen LogP contribution < -0.4 is 10.5 Å². The molecule has 0 aliphatic carbocycles. The third-order valence-electron chi connectivity index (χ3n) is 3.08. The predicted molar refractivity (Wildman–Crippen MR) is 74.4 cm³/mol. The summed E-state index contributed by atoms with van der Waals surface area (Å²) in [6.45, 7) is 5.94. The van der Waals surface area contributed by atoms with E-state index >= 15 is 0 Å². The van der Waals surface area contributed by atoms with Crippen molar-refractivity contribution in [2.45, 2.75) is 59.0 Å². The van der Waals surface area contributed by atoms with Crippen LogP contribution in [0.3, 0.4) is 0 Å². The monoisotopic (exact) mass is 253 g/mol. The van der Waals surface area contributed by atoms with E-state index in [1.807, 2.05) is 6.92 Å². The summed E-state index contributed by atoms with van der Waals surface area (Å²) in [5.74, 6) is 0.312. The average Bonchev–Trinajstić information content (AvgIpc) is 2.32. The molecule has 18 heavy (non-hydrogen) atoms. The maximum atomic E-state index is 13.2. The molecule has 102 valence electrons. The lowest BCUT2D eigenvalue weighted by Gasteiger charge is -2.16. The molecule has 0 fully saturated rings. The maximum absolute atomic E-state index is 13.2. The fourth-order valence-corrected chi connectivity index (χ4v) is 1.91. The van der Waals surface area contributed by atoms with Gasteiger partial charge in [0.2, 0.25) is 0 Å². The first-order valence-corrected chi connectivity index (χ1v) is 6.76. The summed E-state index contributed by atoms with van der Waals surface area (Å²) >= 11 is 0. The fraction of sp³-hybridized carbons (Fsp3) is 0.600. The first-order chi connectivity index (χ1) is 8.54. The lowest BCUT2D eigenvalue weighted by molar-refractivity contribution is 0.207. The van der Waals surface area contributed by atoms with Gasteiger partial charge in [0.15, 0.2) is 0 Å². The highest BCUT2D eigenvalue weighted by atomic mass is 19.1. The molecule has 1 aromatic rings. The van der Waals surface area contributed by atoms with E-state index in [0.29, 0.717) is 17.0 Å². The number of nitrogen functional groups attached to an aromatic ring is 1. The van der Waals surface area contributed by atoms with Crippen LogP contribution in [0.4, 0.5) is 10.1 Å². The quantitative estimate of drug-likeness (QED) is 0.575. The van der Waals surface area contributed by atoms with Gasteiger partial charge in [0.05, 0.1) is 11.8 Å². The van der Waals surface area contributed by atoms with Crippen molar-refractivity contribution in [1.29, 1.82) is 0 Å². The van der Waals surface area contributed by atoms with E-state index in [-0.39, 0.29) is 11.9 Å². The van der Waals surface area contributed by atoms with Crippen LogP contribution in [0.2, 0.25) is 0 Å². The van der Waals surface area contributed by atoms with Crippen LogP contribution in [0, 0.1) is 12.7 Å². The van der Waals surface area contributed by atoms with E-state index < -0.39 is 0 Å². The second-order valence-electron chi connectivity index (χ2n) is 4.92. The molecule has 1 unspecified atom stereocenters. The van der Waals surface area contributed by atoms with E-state index in [9.17, 15) is 4.39 Å². The van der Waals surface area contributed by atoms with Crippen molar-refractivity contribution in [3.63, 3.8) is 0 Å². The molecular weight excluding hydrogens is 229 g/mol. The Morgan fingerprint density at radius 1 is 1.28 bits per heavy atom. The largest absolute Gasteiger partial charge is 0.489 e. The molecule has 0 aromatic heterocycles. The normalized spacial score (nSPS) is 12.4. The molecule has 2 N–H and O–H groups in total. The van der Waals surface area contributed by atoms with Gasteiger partial charge in [-0.15, -0.1) is 0 Å². The topological polar surface area (TPSA) is 35.2 Å². The van der Waals surface area contributed by atoms with Gasteiger partial charge in [-0.25, -0.2) is 4.39 Å². The molecule has 0 heterocycles. The zero-order chi connectivity index (χ0) is 13.5. The van der Waals surface area contributed by atoms with Crippen molar-refractivity contribution in [2.24, 2.45) is 0 Å². The van der Waals surface area contributed by atoms with Gasteiger partial charge in [-0.1, -0.05) is 26.2 Å². The Morgan fingerprint density at radius 3 is 2.67 bits per heavy atom. The van der Waals surface area contributed by atoms with Crippen molar-refractivity contribution in [3.05, 3.63) is 23.5 Å². The number of unbranched alkanes of at least 4 members (excludes halogenated alkanes) is 3. The van der Waals surface area contributed by atoms with Crippen LogP contribution in [0.1, 0.15) is 51.5 Å². The molecule has 0 bridgehead atoms. The second-order valence-corrected chi connectivity index (χ2v) is 4.92. The predicted octanol–water partition coefficient (Wildman–Crippen LogP) is 4.45. The molecule has 1 atom stereocenters. The summed E-state index contributed by atoms with van der Waals surface area (Å²) in [5, 5.41) is 0. The molecule has 0 aliphatic rings. The molecule has 0 spiro atoms. The minimum absolute atomic E-state index is 0.119. The number of anilines is 1. The Bertz CT molecular complexity index is 379. The van der Waals surface area contributed by atoms with Crippen LogP contribution in [-0.2, 0) is 0 Å². The van der Waals surface area contributed by atoms with Crippen LogP contribution in [-0.4, -0.2) is 6.10 Å². The fourth-order valence-electron chi connectivity index (χ4n) is 1.91. The van der Waals surface area contributed by atoms with Gasteiger partial charge < -0.3 is 10.5 Å². The third-order valence-corrected chi connectivity index (χ3v) is 3.08. The van der Waals surface area contributed by atoms with E-state index in [1.165, 1.54) is 25.3 Å². The molecule has 0 radical (unpaired) electrons. The van der Waals surface area contributed by atoms with E-state index in [2.05, 4.69) is 6.92 Å².